The highest BCUT2D eigenvalue weighted by molar-refractivity contribution is 7.82. The van der Waals surface area contributed by atoms with E-state index in [1.165, 1.54) is 24.3 Å². The van der Waals surface area contributed by atoms with E-state index in [2.05, 4.69) is 4.99 Å². The van der Waals surface area contributed by atoms with Gasteiger partial charge in [-0.2, -0.15) is 0 Å². The second kappa shape index (κ2) is 10.1. The van der Waals surface area contributed by atoms with Gasteiger partial charge in [0.15, 0.2) is 0 Å². The van der Waals surface area contributed by atoms with Crippen LogP contribution < -0.4 is 0 Å². The Morgan fingerprint density at radius 2 is 1.47 bits per heavy atom. The van der Waals surface area contributed by atoms with Crippen molar-refractivity contribution in [2.75, 3.05) is 6.16 Å². The molecule has 0 saturated carbocycles. The van der Waals surface area contributed by atoms with E-state index in [0.717, 1.165) is 0 Å². The van der Waals surface area contributed by atoms with Crippen molar-refractivity contribution in [3.63, 3.8) is 0 Å². The molecule has 0 aliphatic carbocycles. The first-order chi connectivity index (χ1) is 14.1. The van der Waals surface area contributed by atoms with Crippen LogP contribution in [0.15, 0.2) is 59.6 Å². The third-order valence-corrected chi connectivity index (χ3v) is 6.24. The highest BCUT2D eigenvalue weighted by atomic mass is 31.2. The number of carbonyl (C=O) groups is 3. The van der Waals surface area contributed by atoms with Crippen molar-refractivity contribution < 1.29 is 39.5 Å². The topological polar surface area (TPSA) is 165 Å². The van der Waals surface area contributed by atoms with Crippen LogP contribution in [0.4, 0.5) is 5.69 Å². The van der Waals surface area contributed by atoms with Gasteiger partial charge in [-0.25, -0.2) is 19.6 Å². The molecule has 0 bridgehead atoms. The fourth-order valence-corrected chi connectivity index (χ4v) is 4.69. The summed E-state index contributed by atoms with van der Waals surface area (Å²) in [4.78, 5) is 59.3. The van der Waals surface area contributed by atoms with Crippen LogP contribution in [-0.4, -0.2) is 54.6 Å². The Bertz CT molecular complexity index is 941. The summed E-state index contributed by atoms with van der Waals surface area (Å²) in [7, 11) is -4.08. The number of rotatable bonds is 10. The molecule has 0 saturated heterocycles. The second-order valence-corrected chi connectivity index (χ2v) is 8.78. The molecular formula is C20H21NO8P+. The number of benzene rings is 2. The first-order valence-electron chi connectivity index (χ1n) is 8.86. The molecule has 0 radical (unpaired) electrons. The quantitative estimate of drug-likeness (QED) is 0.281. The highest BCUT2D eigenvalue weighted by Crippen LogP contribution is 2.56. The van der Waals surface area contributed by atoms with Crippen LogP contribution in [0.5, 0.6) is 0 Å². The number of aliphatic carboxylic acids is 2. The van der Waals surface area contributed by atoms with E-state index in [9.17, 15) is 29.3 Å². The molecule has 2 rings (SSSR count). The van der Waals surface area contributed by atoms with E-state index in [-0.39, 0.29) is 23.1 Å². The Morgan fingerprint density at radius 1 is 0.867 bits per heavy atom. The molecule has 9 nitrogen and oxygen atoms in total. The molecule has 10 heteroatoms. The fourth-order valence-electron chi connectivity index (χ4n) is 2.72. The minimum absolute atomic E-state index is 0.0314. The van der Waals surface area contributed by atoms with Crippen molar-refractivity contribution in [3.05, 3.63) is 65.7 Å². The van der Waals surface area contributed by atoms with Gasteiger partial charge in [-0.05, 0) is 42.8 Å². The lowest BCUT2D eigenvalue weighted by Gasteiger charge is -2.18. The zero-order valence-corrected chi connectivity index (χ0v) is 16.6. The summed E-state index contributed by atoms with van der Waals surface area (Å²) in [5, 5.41) is 27.2. The van der Waals surface area contributed by atoms with E-state index < -0.39 is 44.1 Å². The molecule has 0 amide bonds. The zero-order valence-electron chi connectivity index (χ0n) is 15.8. The number of aromatic carboxylic acids is 1. The summed E-state index contributed by atoms with van der Waals surface area (Å²) >= 11 is 0. The Morgan fingerprint density at radius 3 is 1.97 bits per heavy atom. The summed E-state index contributed by atoms with van der Waals surface area (Å²) in [6.07, 6.45) is -1.26. The number of hydrogen-bond donors (Lipinski definition) is 5. The van der Waals surface area contributed by atoms with Crippen LogP contribution in [0.2, 0.25) is 0 Å². The molecule has 2 aromatic carbocycles. The van der Waals surface area contributed by atoms with E-state index in [0.29, 0.717) is 5.56 Å². The van der Waals surface area contributed by atoms with Gasteiger partial charge >= 0.3 is 25.6 Å². The number of hydrogen-bond acceptors (Lipinski definition) is 6. The van der Waals surface area contributed by atoms with Gasteiger partial charge in [0.2, 0.25) is 5.45 Å². The van der Waals surface area contributed by atoms with Crippen LogP contribution in [0.3, 0.4) is 0 Å². The summed E-state index contributed by atoms with van der Waals surface area (Å²) < 4.78 is 0. The second-order valence-electron chi connectivity index (χ2n) is 6.53. The minimum Gasteiger partial charge on any atom is -0.481 e. The molecule has 0 aliphatic heterocycles. The first-order valence-corrected chi connectivity index (χ1v) is 10.7. The molecule has 2 aromatic rings. The van der Waals surface area contributed by atoms with Crippen molar-refractivity contribution >= 4 is 36.8 Å². The van der Waals surface area contributed by atoms with E-state index >= 15 is 0 Å². The van der Waals surface area contributed by atoms with E-state index in [1.54, 1.807) is 30.3 Å². The molecular weight excluding hydrogens is 413 g/mol. The summed E-state index contributed by atoms with van der Waals surface area (Å²) in [5.74, 6) is -4.92. The summed E-state index contributed by atoms with van der Waals surface area (Å²) in [6, 6.07) is 13.6. The smallest absolute Gasteiger partial charge is 0.335 e. The molecule has 0 fully saturated rings. The number of nitrogens with zero attached hydrogens (tertiary/aromatic N) is 1. The minimum atomic E-state index is -4.08. The Hall–Kier alpha value is -3.13. The fraction of sp³-hybridized carbons (Fsp3) is 0.200. The van der Waals surface area contributed by atoms with Gasteiger partial charge < -0.3 is 15.3 Å². The third-order valence-electron chi connectivity index (χ3n) is 4.25. The maximum atomic E-state index is 11.5. The average molecular weight is 434 g/mol. The normalized spacial score (nSPS) is 12.9. The lowest BCUT2D eigenvalue weighted by Crippen LogP contribution is -2.24. The molecule has 30 heavy (non-hydrogen) atoms. The largest absolute Gasteiger partial charge is 0.481 e. The van der Waals surface area contributed by atoms with Crippen molar-refractivity contribution in [1.29, 1.82) is 0 Å². The number of aliphatic imine (C=N–C) groups is 1. The van der Waals surface area contributed by atoms with Crippen LogP contribution in [-0.2, 0) is 9.59 Å². The standard InChI is InChI=1S/C20H20NO8P/c22-17(23)11-8-15(20(26)27)12-30(28,29)18(13-4-2-1-3-5-13)21-16-9-6-14(7-10-16)19(24)25/h1-7,9-10,15,28-29H,8,11-12H2,(H2-,22,23,24,25,26,27)/p+1. The van der Waals surface area contributed by atoms with Gasteiger partial charge in [0.1, 0.15) is 6.16 Å². The Balaban J connectivity index is 2.43. The summed E-state index contributed by atoms with van der Waals surface area (Å²) in [6.45, 7) is 0. The number of carboxylic acids is 3. The average Bonchev–Trinajstić information content (AvgIpc) is 2.69. The molecule has 0 aliphatic rings. The van der Waals surface area contributed by atoms with Crippen molar-refractivity contribution in [1.82, 2.24) is 0 Å². The predicted molar refractivity (Wildman–Crippen MR) is 110 cm³/mol. The van der Waals surface area contributed by atoms with Gasteiger partial charge in [-0.15, -0.1) is 0 Å². The molecule has 0 heterocycles. The van der Waals surface area contributed by atoms with Crippen molar-refractivity contribution in [3.8, 4) is 0 Å². The summed E-state index contributed by atoms with van der Waals surface area (Å²) in [5.41, 5.74) is 0.515. The Labute approximate surface area is 172 Å². The zero-order chi connectivity index (χ0) is 22.3. The molecule has 5 N–H and O–H groups in total. The first kappa shape index (κ1) is 23.2. The molecule has 158 valence electrons. The van der Waals surface area contributed by atoms with Crippen LogP contribution in [0.25, 0.3) is 0 Å². The highest BCUT2D eigenvalue weighted by Gasteiger charge is 2.46. The van der Waals surface area contributed by atoms with Gasteiger partial charge in [-0.1, -0.05) is 18.2 Å². The molecule has 0 spiro atoms. The molecule has 1 unspecified atom stereocenters. The van der Waals surface area contributed by atoms with Gasteiger partial charge in [0, 0.05) is 12.0 Å². The maximum Gasteiger partial charge on any atom is 0.335 e. The van der Waals surface area contributed by atoms with E-state index in [1.807, 2.05) is 0 Å². The number of carboxylic acid groups (broad SMARTS) is 3. The van der Waals surface area contributed by atoms with Crippen molar-refractivity contribution in [2.45, 2.75) is 12.8 Å². The monoisotopic (exact) mass is 434 g/mol. The van der Waals surface area contributed by atoms with Crippen LogP contribution >= 0.6 is 7.72 Å². The SMILES string of the molecule is O=C(O)CCC(C[P+](O)(O)C(=Nc1ccc(C(=O)O)cc1)c1ccccc1)C(=O)O. The molecule has 0 aromatic heterocycles. The van der Waals surface area contributed by atoms with Crippen LogP contribution in [0.1, 0.15) is 28.8 Å². The maximum absolute atomic E-state index is 11.5. The predicted octanol–water partition coefficient (Wildman–Crippen LogP) is 2.86. The molecule has 1 atom stereocenters. The lowest BCUT2D eigenvalue weighted by molar-refractivity contribution is -0.142. The van der Waals surface area contributed by atoms with Gasteiger partial charge in [-0.3, -0.25) is 9.59 Å². The van der Waals surface area contributed by atoms with Gasteiger partial charge in [0.25, 0.3) is 0 Å². The lowest BCUT2D eigenvalue weighted by atomic mass is 10.1. The third kappa shape index (κ3) is 6.45. The Kier molecular flexibility index (Phi) is 7.77. The van der Waals surface area contributed by atoms with Gasteiger partial charge in [0.05, 0.1) is 17.2 Å². The van der Waals surface area contributed by atoms with E-state index in [4.69, 9.17) is 10.2 Å². The van der Waals surface area contributed by atoms with Crippen LogP contribution in [0, 0.1) is 5.92 Å². The van der Waals surface area contributed by atoms with Crippen molar-refractivity contribution in [2.24, 2.45) is 10.9 Å².